The molecule has 9 heteroatoms. The third-order valence-electron chi connectivity index (χ3n) is 7.43. The van der Waals surface area contributed by atoms with E-state index >= 15 is 0 Å². The van der Waals surface area contributed by atoms with E-state index in [-0.39, 0.29) is 29.7 Å². The van der Waals surface area contributed by atoms with Crippen LogP contribution in [-0.2, 0) is 32.5 Å². The number of hydrogen-bond acceptors (Lipinski definition) is 5. The van der Waals surface area contributed by atoms with Crippen LogP contribution in [-0.4, -0.2) is 56.8 Å². The molecule has 0 saturated carbocycles. The molecular weight excluding hydrogens is 526 g/mol. The Morgan fingerprint density at radius 3 is 2.25 bits per heavy atom. The van der Waals surface area contributed by atoms with Gasteiger partial charge in [-0.25, -0.2) is 8.42 Å². The number of carbonyl (C=O) groups is 2. The summed E-state index contributed by atoms with van der Waals surface area (Å²) in [6.45, 7) is 1.72. The van der Waals surface area contributed by atoms with Gasteiger partial charge in [0.05, 0.1) is 17.1 Å². The van der Waals surface area contributed by atoms with Crippen molar-refractivity contribution in [3.05, 3.63) is 90.0 Å². The molecule has 1 saturated heterocycles. The maximum atomic E-state index is 13.4. The number of sulfonamides is 1. The van der Waals surface area contributed by atoms with Gasteiger partial charge in [-0.2, -0.15) is 4.31 Å². The van der Waals surface area contributed by atoms with Crippen molar-refractivity contribution >= 4 is 27.5 Å². The van der Waals surface area contributed by atoms with E-state index in [2.05, 4.69) is 5.32 Å². The van der Waals surface area contributed by atoms with Crippen molar-refractivity contribution in [3.8, 4) is 5.75 Å². The molecule has 40 heavy (non-hydrogen) atoms. The van der Waals surface area contributed by atoms with E-state index < -0.39 is 16.1 Å². The molecule has 1 fully saturated rings. The standard InChI is InChI=1S/C31H35N3O5S/c35-30(18-15-25-13-16-26(17-14-25)40(37,38)33-21-7-2-8-22-33)34-23-29(39-28-12-6-5-11-27(28)34)31(36)32-20-19-24-9-3-1-4-10-24/h1,3-6,9-14,16-17,29H,2,7-8,15,18-23H2,(H,32,36). The van der Waals surface area contributed by atoms with Crippen molar-refractivity contribution in [1.82, 2.24) is 9.62 Å². The number of para-hydroxylation sites is 2. The van der Waals surface area contributed by atoms with Crippen molar-refractivity contribution in [3.63, 3.8) is 0 Å². The second kappa shape index (κ2) is 12.7. The lowest BCUT2D eigenvalue weighted by Gasteiger charge is -2.34. The fourth-order valence-corrected chi connectivity index (χ4v) is 6.68. The van der Waals surface area contributed by atoms with Gasteiger partial charge in [-0.05, 0) is 61.1 Å². The topological polar surface area (TPSA) is 96.0 Å². The van der Waals surface area contributed by atoms with E-state index in [1.807, 2.05) is 48.5 Å². The third kappa shape index (κ3) is 6.54. The molecule has 1 atom stereocenters. The van der Waals surface area contributed by atoms with Crippen LogP contribution in [0, 0.1) is 0 Å². The Balaban J connectivity index is 1.20. The SMILES string of the molecule is O=C(NCCc1ccccc1)C1CN(C(=O)CCc2ccc(S(=O)(=O)N3CCCCC3)cc2)c2ccccc2O1. The van der Waals surface area contributed by atoms with Crippen LogP contribution in [0.25, 0.3) is 0 Å². The highest BCUT2D eigenvalue weighted by Crippen LogP contribution is 2.33. The molecule has 0 spiro atoms. The Morgan fingerprint density at radius 2 is 1.50 bits per heavy atom. The van der Waals surface area contributed by atoms with Crippen LogP contribution in [0.4, 0.5) is 5.69 Å². The Hall–Kier alpha value is -3.69. The molecular formula is C31H35N3O5S. The zero-order chi connectivity index (χ0) is 28.0. The third-order valence-corrected chi connectivity index (χ3v) is 9.34. The average molecular weight is 562 g/mol. The highest BCUT2D eigenvalue weighted by Gasteiger charge is 2.33. The lowest BCUT2D eigenvalue weighted by molar-refractivity contribution is -0.128. The quantitative estimate of drug-likeness (QED) is 0.427. The molecule has 0 aromatic heterocycles. The van der Waals surface area contributed by atoms with E-state index in [9.17, 15) is 18.0 Å². The fourth-order valence-electron chi connectivity index (χ4n) is 5.16. The fraction of sp³-hybridized carbons (Fsp3) is 0.355. The Kier molecular flexibility index (Phi) is 8.81. The highest BCUT2D eigenvalue weighted by molar-refractivity contribution is 7.89. The number of nitrogens with one attached hydrogen (secondary N) is 1. The second-order valence-electron chi connectivity index (χ2n) is 10.2. The van der Waals surface area contributed by atoms with Crippen LogP contribution in [0.2, 0.25) is 0 Å². The summed E-state index contributed by atoms with van der Waals surface area (Å²) in [7, 11) is -3.49. The minimum absolute atomic E-state index is 0.122. The number of carbonyl (C=O) groups excluding carboxylic acids is 2. The average Bonchev–Trinajstić information content (AvgIpc) is 3.00. The molecule has 2 aliphatic heterocycles. The van der Waals surface area contributed by atoms with Crippen LogP contribution >= 0.6 is 0 Å². The number of benzene rings is 3. The van der Waals surface area contributed by atoms with Gasteiger partial charge in [0.15, 0.2) is 6.10 Å². The monoisotopic (exact) mass is 561 g/mol. The number of fused-ring (bicyclic) bond motifs is 1. The largest absolute Gasteiger partial charge is 0.477 e. The second-order valence-corrected chi connectivity index (χ2v) is 12.2. The van der Waals surface area contributed by atoms with Crippen molar-refractivity contribution in [2.24, 2.45) is 0 Å². The van der Waals surface area contributed by atoms with Gasteiger partial charge in [-0.1, -0.05) is 61.0 Å². The smallest absolute Gasteiger partial charge is 0.262 e. The molecule has 2 heterocycles. The number of amides is 2. The number of nitrogens with zero attached hydrogens (tertiary/aromatic N) is 2. The van der Waals surface area contributed by atoms with Crippen LogP contribution in [0.3, 0.4) is 0 Å². The summed E-state index contributed by atoms with van der Waals surface area (Å²) in [5.74, 6) is 0.120. The molecule has 0 bridgehead atoms. The Bertz CT molecular complexity index is 1420. The first-order valence-corrected chi connectivity index (χ1v) is 15.3. The van der Waals surface area contributed by atoms with Crippen LogP contribution in [0.1, 0.15) is 36.8 Å². The molecule has 2 aliphatic rings. The van der Waals surface area contributed by atoms with Gasteiger partial charge in [-0.3, -0.25) is 9.59 Å². The van der Waals surface area contributed by atoms with Crippen LogP contribution in [0.5, 0.6) is 5.75 Å². The Labute approximate surface area is 236 Å². The normalized spacial score (nSPS) is 17.5. The maximum absolute atomic E-state index is 13.4. The minimum Gasteiger partial charge on any atom is -0.477 e. The molecule has 0 radical (unpaired) electrons. The van der Waals surface area contributed by atoms with E-state index in [0.29, 0.717) is 43.9 Å². The number of ether oxygens (including phenoxy) is 1. The predicted octanol–water partition coefficient (Wildman–Crippen LogP) is 3.95. The first-order valence-electron chi connectivity index (χ1n) is 13.9. The molecule has 1 unspecified atom stereocenters. The van der Waals surface area contributed by atoms with Crippen molar-refractivity contribution in [2.45, 2.75) is 49.5 Å². The molecule has 3 aromatic carbocycles. The molecule has 5 rings (SSSR count). The van der Waals surface area contributed by atoms with Gasteiger partial charge in [0.25, 0.3) is 5.91 Å². The molecule has 2 amide bonds. The summed E-state index contributed by atoms with van der Waals surface area (Å²) >= 11 is 0. The first-order chi connectivity index (χ1) is 19.4. The number of piperidine rings is 1. The van der Waals surface area contributed by atoms with E-state index in [1.54, 1.807) is 39.5 Å². The summed E-state index contributed by atoms with van der Waals surface area (Å²) in [5, 5.41) is 2.94. The summed E-state index contributed by atoms with van der Waals surface area (Å²) in [4.78, 5) is 28.2. The molecule has 8 nitrogen and oxygen atoms in total. The van der Waals surface area contributed by atoms with E-state index in [0.717, 1.165) is 30.4 Å². The van der Waals surface area contributed by atoms with Gasteiger partial charge >= 0.3 is 0 Å². The van der Waals surface area contributed by atoms with Crippen LogP contribution in [0.15, 0.2) is 83.8 Å². The Morgan fingerprint density at radius 1 is 0.825 bits per heavy atom. The lowest BCUT2D eigenvalue weighted by atomic mass is 10.1. The van der Waals surface area contributed by atoms with Gasteiger partial charge in [-0.15, -0.1) is 0 Å². The first kappa shape index (κ1) is 27.9. The van der Waals surface area contributed by atoms with Gasteiger partial charge in [0.2, 0.25) is 15.9 Å². The molecule has 1 N–H and O–H groups in total. The summed E-state index contributed by atoms with van der Waals surface area (Å²) in [6, 6.07) is 24.0. The van der Waals surface area contributed by atoms with Gasteiger partial charge in [0, 0.05) is 26.1 Å². The summed E-state index contributed by atoms with van der Waals surface area (Å²) in [6.07, 6.45) is 3.41. The maximum Gasteiger partial charge on any atom is 0.262 e. The summed E-state index contributed by atoms with van der Waals surface area (Å²) in [5.41, 5.74) is 2.65. The van der Waals surface area contributed by atoms with Crippen molar-refractivity contribution < 1.29 is 22.7 Å². The lowest BCUT2D eigenvalue weighted by Crippen LogP contribution is -2.51. The number of aryl methyl sites for hydroxylation is 1. The predicted molar refractivity (Wildman–Crippen MR) is 154 cm³/mol. The number of hydrogen-bond donors (Lipinski definition) is 1. The molecule has 0 aliphatic carbocycles. The number of rotatable bonds is 9. The van der Waals surface area contributed by atoms with Crippen LogP contribution < -0.4 is 15.0 Å². The number of anilines is 1. The van der Waals surface area contributed by atoms with E-state index in [1.165, 1.54) is 0 Å². The van der Waals surface area contributed by atoms with Crippen molar-refractivity contribution in [1.29, 1.82) is 0 Å². The highest BCUT2D eigenvalue weighted by atomic mass is 32.2. The minimum atomic E-state index is -3.49. The molecule has 3 aromatic rings. The molecule has 210 valence electrons. The van der Waals surface area contributed by atoms with Crippen molar-refractivity contribution in [2.75, 3.05) is 31.1 Å². The summed E-state index contributed by atoms with van der Waals surface area (Å²) < 4.78 is 33.4. The zero-order valence-electron chi connectivity index (χ0n) is 22.5. The van der Waals surface area contributed by atoms with Gasteiger partial charge in [0.1, 0.15) is 5.75 Å². The van der Waals surface area contributed by atoms with Gasteiger partial charge < -0.3 is 15.0 Å². The van der Waals surface area contributed by atoms with E-state index in [4.69, 9.17) is 4.74 Å². The zero-order valence-corrected chi connectivity index (χ0v) is 23.3.